The highest BCUT2D eigenvalue weighted by atomic mass is 32.2. The van der Waals surface area contributed by atoms with Gasteiger partial charge in [0.2, 0.25) is 0 Å². The summed E-state index contributed by atoms with van der Waals surface area (Å²) in [6.45, 7) is 8.68. The highest BCUT2D eigenvalue weighted by molar-refractivity contribution is 8.11. The largest absolute Gasteiger partial charge is 0.252 e. The van der Waals surface area contributed by atoms with Gasteiger partial charge in [0.15, 0.2) is 0 Å². The summed E-state index contributed by atoms with van der Waals surface area (Å²) >= 11 is 1.39. The first kappa shape index (κ1) is 10.5. The van der Waals surface area contributed by atoms with E-state index in [1.165, 1.54) is 23.2 Å². The molecule has 0 bridgehead atoms. The minimum absolute atomic E-state index is 0.471. The predicted octanol–water partition coefficient (Wildman–Crippen LogP) is 3.31. The first-order valence-corrected chi connectivity index (χ1v) is 5.42. The third kappa shape index (κ3) is 2.69. The molecule has 0 atom stereocenters. The Balaban J connectivity index is 3.07. The molecule has 0 aromatic heterocycles. The minimum Gasteiger partial charge on any atom is -0.252 e. The molecule has 1 rings (SSSR count). The van der Waals surface area contributed by atoms with Crippen molar-refractivity contribution >= 4 is 23.7 Å². The van der Waals surface area contributed by atoms with Gasteiger partial charge in [-0.2, -0.15) is 0 Å². The van der Waals surface area contributed by atoms with Gasteiger partial charge in [0, 0.05) is 23.9 Å². The van der Waals surface area contributed by atoms with Crippen molar-refractivity contribution in [2.45, 2.75) is 27.7 Å². The molecule has 0 saturated carbocycles. The van der Waals surface area contributed by atoms with E-state index in [-0.39, 0.29) is 0 Å². The summed E-state index contributed by atoms with van der Waals surface area (Å²) in [6.07, 6.45) is 1.94. The highest BCUT2D eigenvalue weighted by Crippen LogP contribution is 2.23. The van der Waals surface area contributed by atoms with E-state index in [1.807, 2.05) is 6.21 Å². The topological polar surface area (TPSA) is 24.7 Å². The number of allylic oxidation sites excluding steroid dienone is 2. The third-order valence-corrected chi connectivity index (χ3v) is 2.38. The molecule has 0 radical (unpaired) electrons. The van der Waals surface area contributed by atoms with E-state index in [9.17, 15) is 0 Å². The van der Waals surface area contributed by atoms with Crippen LogP contribution < -0.4 is 0 Å². The summed E-state index contributed by atoms with van der Waals surface area (Å²) in [5.74, 6) is 0.968. The summed E-state index contributed by atoms with van der Waals surface area (Å²) in [6, 6.07) is 0. The number of aliphatic imine (C=N–C) groups is 1. The molecule has 0 saturated heterocycles. The van der Waals surface area contributed by atoms with E-state index in [0.717, 1.165) is 0 Å². The maximum Gasteiger partial charge on any atom is 0.0830 e. The molecule has 0 amide bonds. The van der Waals surface area contributed by atoms with Gasteiger partial charge in [-0.1, -0.05) is 27.7 Å². The molecule has 13 heavy (non-hydrogen) atoms. The van der Waals surface area contributed by atoms with Crippen molar-refractivity contribution < 1.29 is 0 Å². The number of nitrogens with zero attached hydrogens (tertiary/aromatic N) is 2. The second kappa shape index (κ2) is 4.61. The fourth-order valence-electron chi connectivity index (χ4n) is 1.26. The van der Waals surface area contributed by atoms with Crippen LogP contribution >= 0.6 is 11.9 Å². The molecule has 1 aliphatic rings. The van der Waals surface area contributed by atoms with Crippen molar-refractivity contribution in [1.82, 2.24) is 0 Å². The van der Waals surface area contributed by atoms with E-state index in [1.54, 1.807) is 5.55 Å². The molecule has 0 aromatic carbocycles. The zero-order valence-electron chi connectivity index (χ0n) is 8.61. The van der Waals surface area contributed by atoms with Crippen molar-refractivity contribution in [3.8, 4) is 0 Å². The van der Waals surface area contributed by atoms with Crippen LogP contribution in [-0.4, -0.2) is 11.8 Å². The van der Waals surface area contributed by atoms with Gasteiger partial charge in [0.25, 0.3) is 0 Å². The summed E-state index contributed by atoms with van der Waals surface area (Å²) in [5.41, 5.74) is 4.24. The Morgan fingerprint density at radius 1 is 1.15 bits per heavy atom. The van der Waals surface area contributed by atoms with E-state index in [0.29, 0.717) is 11.8 Å². The normalized spacial score (nSPS) is 17.4. The lowest BCUT2D eigenvalue weighted by molar-refractivity contribution is 0.709. The number of hydrogen-bond donors (Lipinski definition) is 0. The first-order chi connectivity index (χ1) is 6.13. The van der Waals surface area contributed by atoms with Crippen LogP contribution in [0.3, 0.4) is 0 Å². The van der Waals surface area contributed by atoms with Crippen LogP contribution in [0.15, 0.2) is 20.7 Å². The van der Waals surface area contributed by atoms with Gasteiger partial charge in [-0.25, -0.2) is 4.40 Å². The Labute approximate surface area is 84.4 Å². The van der Waals surface area contributed by atoms with Crippen molar-refractivity contribution in [2.24, 2.45) is 21.2 Å². The molecule has 0 spiro atoms. The first-order valence-electron chi connectivity index (χ1n) is 4.58. The van der Waals surface area contributed by atoms with Crippen molar-refractivity contribution in [3.63, 3.8) is 0 Å². The Hall–Kier alpha value is -0.570. The van der Waals surface area contributed by atoms with Gasteiger partial charge in [0.05, 0.1) is 5.55 Å². The van der Waals surface area contributed by atoms with Crippen LogP contribution in [0.4, 0.5) is 0 Å². The predicted molar refractivity (Wildman–Crippen MR) is 61.3 cm³/mol. The van der Waals surface area contributed by atoms with Crippen LogP contribution in [-0.2, 0) is 0 Å². The summed E-state index contributed by atoms with van der Waals surface area (Å²) in [4.78, 5) is 4.42. The van der Waals surface area contributed by atoms with Crippen molar-refractivity contribution in [1.29, 1.82) is 0 Å². The summed E-state index contributed by atoms with van der Waals surface area (Å²) < 4.78 is 4.19. The molecule has 0 unspecified atom stereocenters. The Morgan fingerprint density at radius 2 is 1.85 bits per heavy atom. The lowest BCUT2D eigenvalue weighted by atomic mass is 9.97. The molecule has 0 N–H and O–H groups in total. The van der Waals surface area contributed by atoms with Crippen LogP contribution in [0.5, 0.6) is 0 Å². The van der Waals surface area contributed by atoms with Crippen LogP contribution in [0, 0.1) is 11.8 Å². The van der Waals surface area contributed by atoms with Crippen LogP contribution in [0.1, 0.15) is 27.7 Å². The fraction of sp³-hybridized carbons (Fsp3) is 0.600. The second-order valence-corrected chi connectivity index (χ2v) is 4.36. The van der Waals surface area contributed by atoms with Gasteiger partial charge >= 0.3 is 0 Å². The quantitative estimate of drug-likeness (QED) is 0.622. The van der Waals surface area contributed by atoms with E-state index in [2.05, 4.69) is 37.1 Å². The molecule has 0 fully saturated rings. The summed E-state index contributed by atoms with van der Waals surface area (Å²) in [5, 5.41) is 0. The van der Waals surface area contributed by atoms with E-state index >= 15 is 0 Å². The van der Waals surface area contributed by atoms with Crippen LogP contribution in [0.25, 0.3) is 0 Å². The minimum atomic E-state index is 0.471. The molecule has 1 heterocycles. The molecule has 1 aliphatic heterocycles. The zero-order valence-corrected chi connectivity index (χ0v) is 9.43. The van der Waals surface area contributed by atoms with Crippen molar-refractivity contribution in [2.75, 3.05) is 0 Å². The van der Waals surface area contributed by atoms with Gasteiger partial charge in [-0.05, 0) is 17.4 Å². The molecule has 3 heteroatoms. The zero-order chi connectivity index (χ0) is 9.84. The molecule has 0 aliphatic carbocycles. The van der Waals surface area contributed by atoms with E-state index in [4.69, 9.17) is 0 Å². The highest BCUT2D eigenvalue weighted by Gasteiger charge is 2.12. The monoisotopic (exact) mass is 196 g/mol. The number of rotatable bonds is 2. The SMILES string of the molecule is CC(C)C1=C(C(C)C)N=CSN=C1. The smallest absolute Gasteiger partial charge is 0.0830 e. The molecule has 2 nitrogen and oxygen atoms in total. The van der Waals surface area contributed by atoms with Crippen molar-refractivity contribution in [3.05, 3.63) is 11.3 Å². The molecular formula is C10H16N2S. The van der Waals surface area contributed by atoms with Gasteiger partial charge in [-0.3, -0.25) is 4.99 Å². The maximum absolute atomic E-state index is 4.42. The van der Waals surface area contributed by atoms with Crippen LogP contribution in [0.2, 0.25) is 0 Å². The molecule has 72 valence electrons. The Morgan fingerprint density at radius 3 is 2.38 bits per heavy atom. The third-order valence-electron chi connectivity index (χ3n) is 1.96. The Bertz CT molecular complexity index is 236. The lowest BCUT2D eigenvalue weighted by Crippen LogP contribution is -2.03. The summed E-state index contributed by atoms with van der Waals surface area (Å²) in [7, 11) is 0. The van der Waals surface area contributed by atoms with E-state index < -0.39 is 0 Å². The second-order valence-electron chi connectivity index (χ2n) is 3.72. The van der Waals surface area contributed by atoms with Gasteiger partial charge < -0.3 is 0 Å². The van der Waals surface area contributed by atoms with Gasteiger partial charge in [0.1, 0.15) is 0 Å². The molecule has 0 aromatic rings. The average Bonchev–Trinajstić information content (AvgIpc) is 2.27. The number of hydrogen-bond acceptors (Lipinski definition) is 3. The van der Waals surface area contributed by atoms with Gasteiger partial charge in [-0.15, -0.1) is 0 Å². The lowest BCUT2D eigenvalue weighted by Gasteiger charge is -2.12. The Kier molecular flexibility index (Phi) is 3.72. The maximum atomic E-state index is 4.42. The fourth-order valence-corrected chi connectivity index (χ4v) is 1.65. The molecular weight excluding hydrogens is 180 g/mol. The average molecular weight is 196 g/mol. The standard InChI is InChI=1S/C10H16N2S/c1-7(2)9-5-12-13-6-11-10(9)8(3)4/h5-8H,1-4H3.